The van der Waals surface area contributed by atoms with Crippen LogP contribution in [0.5, 0.6) is 17.2 Å². The Labute approximate surface area is 211 Å². The number of carbonyl (C=O) groups is 1. The number of benzene rings is 2. The number of nitrogens with zero attached hydrogens (tertiary/aromatic N) is 2. The number of rotatable bonds is 11. The first kappa shape index (κ1) is 25.6. The first-order valence-electron chi connectivity index (χ1n) is 12.5. The number of H-pyrrole nitrogens is 1. The Morgan fingerprint density at radius 1 is 1.11 bits per heavy atom. The zero-order valence-corrected chi connectivity index (χ0v) is 21.4. The number of phenolic OH excluding ortho intramolecular Hbond substituents is 1. The molecular formula is C28H35N3O5. The van der Waals surface area contributed by atoms with Gasteiger partial charge in [0, 0.05) is 17.7 Å². The number of methoxy groups -OCH3 is 1. The Bertz CT molecular complexity index is 1240. The lowest BCUT2D eigenvalue weighted by Crippen LogP contribution is -2.32. The summed E-state index contributed by atoms with van der Waals surface area (Å²) in [6.45, 7) is 6.55. The number of carbonyl (C=O) groups excluding carboxylic acids is 1. The molecule has 0 saturated carbocycles. The van der Waals surface area contributed by atoms with Gasteiger partial charge < -0.3 is 24.6 Å². The van der Waals surface area contributed by atoms with E-state index in [1.807, 2.05) is 44.2 Å². The van der Waals surface area contributed by atoms with E-state index >= 15 is 0 Å². The molecule has 8 heteroatoms. The van der Waals surface area contributed by atoms with E-state index in [2.05, 4.69) is 17.1 Å². The second-order valence-corrected chi connectivity index (χ2v) is 9.28. The second kappa shape index (κ2) is 11.0. The van der Waals surface area contributed by atoms with Gasteiger partial charge in [-0.1, -0.05) is 38.3 Å². The molecule has 1 aromatic heterocycles. The molecule has 0 fully saturated rings. The summed E-state index contributed by atoms with van der Waals surface area (Å²) in [5.41, 5.74) is 4.62. The summed E-state index contributed by atoms with van der Waals surface area (Å²) in [7, 11) is 1.59. The van der Waals surface area contributed by atoms with E-state index in [1.165, 1.54) is 12.8 Å². The third kappa shape index (κ3) is 4.78. The number of amides is 1. The van der Waals surface area contributed by atoms with Crippen molar-refractivity contribution in [2.24, 2.45) is 0 Å². The van der Waals surface area contributed by atoms with Crippen LogP contribution in [0, 0.1) is 13.8 Å². The number of hydrogen-bond acceptors (Lipinski definition) is 6. The van der Waals surface area contributed by atoms with E-state index in [0.717, 1.165) is 29.5 Å². The van der Waals surface area contributed by atoms with Gasteiger partial charge >= 0.3 is 0 Å². The summed E-state index contributed by atoms with van der Waals surface area (Å²) in [6.07, 6.45) is 4.44. The molecule has 1 aliphatic rings. The first-order chi connectivity index (χ1) is 17.4. The van der Waals surface area contributed by atoms with Gasteiger partial charge in [-0.2, -0.15) is 5.10 Å². The zero-order valence-electron chi connectivity index (χ0n) is 21.4. The fraction of sp³-hybridized carbons (Fsp3) is 0.429. The molecule has 0 aliphatic carbocycles. The average molecular weight is 494 g/mol. The summed E-state index contributed by atoms with van der Waals surface area (Å²) < 4.78 is 11.6. The minimum atomic E-state index is -0.513. The van der Waals surface area contributed by atoms with Gasteiger partial charge in [-0.05, 0) is 55.2 Å². The van der Waals surface area contributed by atoms with Crippen LogP contribution in [0.2, 0.25) is 0 Å². The van der Waals surface area contributed by atoms with Crippen LogP contribution in [-0.4, -0.2) is 58.1 Å². The van der Waals surface area contributed by atoms with Crippen molar-refractivity contribution in [2.75, 3.05) is 26.9 Å². The van der Waals surface area contributed by atoms with Crippen LogP contribution in [0.25, 0.3) is 11.3 Å². The van der Waals surface area contributed by atoms with Crippen LogP contribution < -0.4 is 9.47 Å². The van der Waals surface area contributed by atoms with Crippen molar-refractivity contribution in [1.82, 2.24) is 15.1 Å². The Balaban J connectivity index is 1.75. The fourth-order valence-electron chi connectivity index (χ4n) is 4.91. The van der Waals surface area contributed by atoms with E-state index in [0.29, 0.717) is 40.6 Å². The molecule has 0 spiro atoms. The molecule has 36 heavy (non-hydrogen) atoms. The number of fused-ring (bicyclic) bond motifs is 1. The molecule has 3 aromatic rings. The van der Waals surface area contributed by atoms with Gasteiger partial charge in [0.15, 0.2) is 11.5 Å². The highest BCUT2D eigenvalue weighted by atomic mass is 16.5. The zero-order chi connectivity index (χ0) is 25.8. The van der Waals surface area contributed by atoms with Crippen LogP contribution in [0.1, 0.15) is 71.4 Å². The summed E-state index contributed by atoms with van der Waals surface area (Å²) in [5, 5.41) is 27.9. The van der Waals surface area contributed by atoms with Gasteiger partial charge in [0.05, 0.1) is 26.4 Å². The second-order valence-electron chi connectivity index (χ2n) is 9.28. The van der Waals surface area contributed by atoms with E-state index in [9.17, 15) is 15.0 Å². The summed E-state index contributed by atoms with van der Waals surface area (Å²) in [4.78, 5) is 14.9. The number of aromatic nitrogens is 2. The largest absolute Gasteiger partial charge is 0.507 e. The van der Waals surface area contributed by atoms with Gasteiger partial charge in [0.25, 0.3) is 5.91 Å². The SMILES string of the molecule is CCCCCCOc1ccc(C2c3c(-c4cc(C)cc(C)c4O)n[nH]c3C(=O)N2CCO)cc1OC. The Morgan fingerprint density at radius 2 is 1.92 bits per heavy atom. The van der Waals surface area contributed by atoms with Gasteiger partial charge in [-0.15, -0.1) is 0 Å². The number of aromatic hydroxyl groups is 1. The predicted octanol–water partition coefficient (Wildman–Crippen LogP) is 4.90. The van der Waals surface area contributed by atoms with E-state index in [1.54, 1.807) is 12.0 Å². The maximum atomic E-state index is 13.3. The summed E-state index contributed by atoms with van der Waals surface area (Å²) in [5.74, 6) is 1.11. The molecule has 0 saturated heterocycles. The van der Waals surface area contributed by atoms with Crippen LogP contribution in [0.15, 0.2) is 30.3 Å². The molecular weight excluding hydrogens is 458 g/mol. The quantitative estimate of drug-likeness (QED) is 0.328. The third-order valence-corrected chi connectivity index (χ3v) is 6.66. The standard InChI is InChI=1S/C28H35N3O5/c1-5-6-7-8-13-36-21-10-9-19(16-22(21)35-4)26-23-24(20-15-17(2)14-18(3)27(20)33)29-30-25(23)28(34)31(26)11-12-32/h9-10,14-16,26,32-33H,5-8,11-13H2,1-4H3,(H,29,30). The maximum Gasteiger partial charge on any atom is 0.273 e. The molecule has 4 rings (SSSR count). The molecule has 2 heterocycles. The molecule has 0 bridgehead atoms. The van der Waals surface area contributed by atoms with Crippen LogP contribution >= 0.6 is 0 Å². The van der Waals surface area contributed by atoms with Crippen LogP contribution in [0.3, 0.4) is 0 Å². The monoisotopic (exact) mass is 493 g/mol. The lowest BCUT2D eigenvalue weighted by Gasteiger charge is -2.26. The number of hydrogen-bond donors (Lipinski definition) is 3. The summed E-state index contributed by atoms with van der Waals surface area (Å²) in [6, 6.07) is 8.91. The molecule has 8 nitrogen and oxygen atoms in total. The Hall–Kier alpha value is -3.52. The minimum Gasteiger partial charge on any atom is -0.507 e. The average Bonchev–Trinajstić information content (AvgIpc) is 3.40. The minimum absolute atomic E-state index is 0.131. The van der Waals surface area contributed by atoms with Crippen LogP contribution in [-0.2, 0) is 0 Å². The van der Waals surface area contributed by atoms with Crippen molar-refractivity contribution in [3.63, 3.8) is 0 Å². The van der Waals surface area contributed by atoms with Gasteiger partial charge in [-0.25, -0.2) is 0 Å². The molecule has 1 unspecified atom stereocenters. The number of phenols is 1. The topological polar surface area (TPSA) is 108 Å². The maximum absolute atomic E-state index is 13.3. The van der Waals surface area contributed by atoms with Crippen molar-refractivity contribution in [1.29, 1.82) is 0 Å². The van der Waals surface area contributed by atoms with Gasteiger partial charge in [0.1, 0.15) is 17.1 Å². The fourth-order valence-corrected chi connectivity index (χ4v) is 4.91. The third-order valence-electron chi connectivity index (χ3n) is 6.66. The van der Waals surface area contributed by atoms with Gasteiger partial charge in [0.2, 0.25) is 0 Å². The van der Waals surface area contributed by atoms with Crippen molar-refractivity contribution in [3.8, 4) is 28.5 Å². The lowest BCUT2D eigenvalue weighted by atomic mass is 9.94. The number of aryl methyl sites for hydroxylation is 2. The Kier molecular flexibility index (Phi) is 7.84. The highest BCUT2D eigenvalue weighted by Gasteiger charge is 2.42. The number of aliphatic hydroxyl groups is 1. The highest BCUT2D eigenvalue weighted by Crippen LogP contribution is 2.46. The van der Waals surface area contributed by atoms with Crippen molar-refractivity contribution >= 4 is 5.91 Å². The number of aromatic amines is 1. The van der Waals surface area contributed by atoms with Crippen molar-refractivity contribution in [3.05, 3.63) is 58.3 Å². The van der Waals surface area contributed by atoms with Crippen LogP contribution in [0.4, 0.5) is 0 Å². The van der Waals surface area contributed by atoms with Crippen molar-refractivity contribution < 1.29 is 24.5 Å². The lowest BCUT2D eigenvalue weighted by molar-refractivity contribution is 0.0706. The summed E-state index contributed by atoms with van der Waals surface area (Å²) >= 11 is 0. The molecule has 1 amide bonds. The molecule has 2 aromatic carbocycles. The molecule has 3 N–H and O–H groups in total. The smallest absolute Gasteiger partial charge is 0.273 e. The number of unbranched alkanes of at least 4 members (excludes halogenated alkanes) is 3. The molecule has 192 valence electrons. The number of aliphatic hydroxyl groups excluding tert-OH is 1. The number of β-amino-alcohol motifs (C(OH)–C–C–N with tert-alkyl or cyclic N) is 1. The van der Waals surface area contributed by atoms with E-state index in [4.69, 9.17) is 9.47 Å². The number of ether oxygens (including phenoxy) is 2. The van der Waals surface area contributed by atoms with Crippen molar-refractivity contribution in [2.45, 2.75) is 52.5 Å². The van der Waals surface area contributed by atoms with E-state index in [-0.39, 0.29) is 24.8 Å². The molecule has 1 aliphatic heterocycles. The molecule has 1 atom stereocenters. The number of nitrogens with one attached hydrogen (secondary N) is 1. The van der Waals surface area contributed by atoms with E-state index < -0.39 is 6.04 Å². The van der Waals surface area contributed by atoms with Gasteiger partial charge in [-0.3, -0.25) is 9.89 Å². The molecule has 0 radical (unpaired) electrons. The first-order valence-corrected chi connectivity index (χ1v) is 12.5. The predicted molar refractivity (Wildman–Crippen MR) is 138 cm³/mol. The Morgan fingerprint density at radius 3 is 2.64 bits per heavy atom. The normalized spacial score (nSPS) is 14.9. The highest BCUT2D eigenvalue weighted by molar-refractivity contribution is 6.00.